The number of rotatable bonds is 7. The second-order valence-electron chi connectivity index (χ2n) is 5.78. The van der Waals surface area contributed by atoms with Gasteiger partial charge in [-0.2, -0.15) is 0 Å². The fourth-order valence-corrected chi connectivity index (χ4v) is 2.37. The molecule has 0 unspecified atom stereocenters. The number of hydrogen-bond acceptors (Lipinski definition) is 4. The summed E-state index contributed by atoms with van der Waals surface area (Å²) in [5.41, 5.74) is 6.38. The normalized spacial score (nSPS) is 11.1. The Morgan fingerprint density at radius 3 is 1.63 bits per heavy atom. The monoisotopic (exact) mass is 385 g/mol. The topological polar surface area (TPSA) is 81.8 Å². The molecule has 0 aliphatic carbocycles. The van der Waals surface area contributed by atoms with Crippen LogP contribution in [-0.4, -0.2) is 17.1 Å². The van der Waals surface area contributed by atoms with Gasteiger partial charge in [0.15, 0.2) is 0 Å². The third-order valence-corrected chi connectivity index (χ3v) is 3.73. The van der Waals surface area contributed by atoms with Crippen molar-refractivity contribution >= 4 is 18.4 Å². The van der Waals surface area contributed by atoms with Gasteiger partial charge in [-0.05, 0) is 60.5 Å². The summed E-state index contributed by atoms with van der Waals surface area (Å²) in [5, 5.41) is 8.85. The summed E-state index contributed by atoms with van der Waals surface area (Å²) < 4.78 is 11.5. The predicted octanol–water partition coefficient (Wildman–Crippen LogP) is 4.65. The van der Waals surface area contributed by atoms with E-state index in [0.29, 0.717) is 11.5 Å². The van der Waals surface area contributed by atoms with E-state index in [0.717, 1.165) is 17.1 Å². The van der Waals surface area contributed by atoms with Crippen LogP contribution in [0.5, 0.6) is 23.0 Å². The van der Waals surface area contributed by atoms with Crippen LogP contribution in [0, 0.1) is 0 Å². The summed E-state index contributed by atoms with van der Waals surface area (Å²) in [6.07, 6.45) is 0.279. The highest BCUT2D eigenvalue weighted by molar-refractivity contribution is 5.85. The van der Waals surface area contributed by atoms with Crippen LogP contribution >= 0.6 is 12.4 Å². The molecular weight excluding hydrogens is 366 g/mol. The molecule has 0 saturated carbocycles. The molecule has 3 aromatic rings. The lowest BCUT2D eigenvalue weighted by atomic mass is 10.1. The molecule has 0 aliphatic heterocycles. The summed E-state index contributed by atoms with van der Waals surface area (Å²) in [7, 11) is 0. The molecule has 0 heterocycles. The molecule has 0 saturated heterocycles. The van der Waals surface area contributed by atoms with Gasteiger partial charge in [0, 0.05) is 0 Å². The van der Waals surface area contributed by atoms with Gasteiger partial charge >= 0.3 is 5.97 Å². The first kappa shape index (κ1) is 20.3. The van der Waals surface area contributed by atoms with Gasteiger partial charge in [0.25, 0.3) is 0 Å². The molecule has 0 aliphatic rings. The first-order valence-electron chi connectivity index (χ1n) is 8.18. The molecule has 3 N–H and O–H groups in total. The number of hydrogen-bond donors (Lipinski definition) is 2. The van der Waals surface area contributed by atoms with E-state index in [9.17, 15) is 4.79 Å². The Kier molecular flexibility index (Phi) is 7.23. The van der Waals surface area contributed by atoms with Gasteiger partial charge in [-0.1, -0.05) is 30.3 Å². The van der Waals surface area contributed by atoms with Gasteiger partial charge in [-0.15, -0.1) is 12.4 Å². The van der Waals surface area contributed by atoms with Crippen LogP contribution in [0.15, 0.2) is 78.9 Å². The van der Waals surface area contributed by atoms with Crippen LogP contribution in [0.1, 0.15) is 5.56 Å². The molecule has 1 atom stereocenters. The number of carbonyl (C=O) groups is 1. The molecular formula is C21H20ClNO4. The molecule has 0 fully saturated rings. The number of ether oxygens (including phenoxy) is 2. The molecule has 3 rings (SSSR count). The lowest BCUT2D eigenvalue weighted by Gasteiger charge is -2.10. The van der Waals surface area contributed by atoms with Crippen molar-refractivity contribution in [1.82, 2.24) is 0 Å². The molecule has 6 heteroatoms. The maximum absolute atomic E-state index is 10.8. The average Bonchev–Trinajstić information content (AvgIpc) is 2.66. The van der Waals surface area contributed by atoms with Crippen LogP contribution in [0.2, 0.25) is 0 Å². The van der Waals surface area contributed by atoms with Gasteiger partial charge in [-0.25, -0.2) is 0 Å². The van der Waals surface area contributed by atoms with E-state index in [1.807, 2.05) is 66.7 Å². The highest BCUT2D eigenvalue weighted by Gasteiger charge is 2.11. The molecule has 0 spiro atoms. The van der Waals surface area contributed by atoms with Gasteiger partial charge in [0.1, 0.15) is 29.0 Å². The van der Waals surface area contributed by atoms with Crippen molar-refractivity contribution in [3.05, 3.63) is 84.4 Å². The maximum atomic E-state index is 10.8. The van der Waals surface area contributed by atoms with Gasteiger partial charge < -0.3 is 20.3 Å². The van der Waals surface area contributed by atoms with E-state index in [1.165, 1.54) is 0 Å². The molecule has 0 radical (unpaired) electrons. The van der Waals surface area contributed by atoms with E-state index < -0.39 is 12.0 Å². The van der Waals surface area contributed by atoms with Crippen molar-refractivity contribution in [2.24, 2.45) is 5.73 Å². The summed E-state index contributed by atoms with van der Waals surface area (Å²) in [6, 6.07) is 23.2. The zero-order chi connectivity index (χ0) is 18.4. The first-order valence-corrected chi connectivity index (χ1v) is 8.18. The zero-order valence-corrected chi connectivity index (χ0v) is 15.3. The van der Waals surface area contributed by atoms with Gasteiger partial charge in [0.2, 0.25) is 0 Å². The van der Waals surface area contributed by atoms with Crippen molar-refractivity contribution in [2.75, 3.05) is 0 Å². The Labute approximate surface area is 163 Å². The summed E-state index contributed by atoms with van der Waals surface area (Å²) in [6.45, 7) is 0. The Hall–Kier alpha value is -3.02. The highest BCUT2D eigenvalue weighted by atomic mass is 35.5. The summed E-state index contributed by atoms with van der Waals surface area (Å²) in [4.78, 5) is 10.8. The number of nitrogens with two attached hydrogens (primary N) is 1. The van der Waals surface area contributed by atoms with E-state index >= 15 is 0 Å². The molecule has 0 amide bonds. The van der Waals surface area contributed by atoms with E-state index in [1.54, 1.807) is 12.1 Å². The Balaban J connectivity index is 0.00000261. The highest BCUT2D eigenvalue weighted by Crippen LogP contribution is 2.26. The lowest BCUT2D eigenvalue weighted by Crippen LogP contribution is -2.32. The van der Waals surface area contributed by atoms with E-state index in [2.05, 4.69) is 0 Å². The smallest absolute Gasteiger partial charge is 0.320 e. The maximum Gasteiger partial charge on any atom is 0.320 e. The van der Waals surface area contributed by atoms with Crippen LogP contribution in [0.25, 0.3) is 0 Å². The van der Waals surface area contributed by atoms with Crippen LogP contribution < -0.4 is 15.2 Å². The minimum atomic E-state index is -1.01. The zero-order valence-electron chi connectivity index (χ0n) is 14.4. The van der Waals surface area contributed by atoms with Crippen molar-refractivity contribution in [1.29, 1.82) is 0 Å². The fraction of sp³-hybridized carbons (Fsp3) is 0.0952. The molecule has 3 aromatic carbocycles. The second kappa shape index (κ2) is 9.62. The van der Waals surface area contributed by atoms with Crippen molar-refractivity contribution < 1.29 is 19.4 Å². The number of aliphatic carboxylic acids is 1. The molecule has 140 valence electrons. The largest absolute Gasteiger partial charge is 0.480 e. The quantitative estimate of drug-likeness (QED) is 0.618. The van der Waals surface area contributed by atoms with Crippen LogP contribution in [-0.2, 0) is 11.2 Å². The summed E-state index contributed by atoms with van der Waals surface area (Å²) in [5.74, 6) is 1.83. The van der Waals surface area contributed by atoms with Crippen LogP contribution in [0.4, 0.5) is 0 Å². The summed E-state index contributed by atoms with van der Waals surface area (Å²) >= 11 is 0. The standard InChI is InChI=1S/C21H19NO4.ClH/c22-20(21(23)24)14-15-6-8-17(9-7-15)26-19-12-10-18(11-13-19)25-16-4-2-1-3-5-16;/h1-13,20H,14,22H2,(H,23,24);1H/t20-;/m0./s1. The molecule has 27 heavy (non-hydrogen) atoms. The number of halogens is 1. The van der Waals surface area contributed by atoms with Crippen molar-refractivity contribution in [3.8, 4) is 23.0 Å². The Bertz CT molecular complexity index is 852. The van der Waals surface area contributed by atoms with Crippen molar-refractivity contribution in [2.45, 2.75) is 12.5 Å². The molecule has 0 aromatic heterocycles. The number of carboxylic acids is 1. The minimum absolute atomic E-state index is 0. The van der Waals surface area contributed by atoms with E-state index in [4.69, 9.17) is 20.3 Å². The third-order valence-electron chi connectivity index (χ3n) is 3.73. The SMILES string of the molecule is Cl.N[C@@H](Cc1ccc(Oc2ccc(Oc3ccccc3)cc2)cc1)C(=O)O. The van der Waals surface area contributed by atoms with Crippen LogP contribution in [0.3, 0.4) is 0 Å². The first-order chi connectivity index (χ1) is 12.6. The lowest BCUT2D eigenvalue weighted by molar-refractivity contribution is -0.138. The molecule has 0 bridgehead atoms. The average molecular weight is 386 g/mol. The predicted molar refractivity (Wildman–Crippen MR) is 106 cm³/mol. The van der Waals surface area contributed by atoms with Gasteiger partial charge in [0.05, 0.1) is 0 Å². The minimum Gasteiger partial charge on any atom is -0.480 e. The fourth-order valence-electron chi connectivity index (χ4n) is 2.37. The Morgan fingerprint density at radius 2 is 1.19 bits per heavy atom. The number of benzene rings is 3. The van der Waals surface area contributed by atoms with Gasteiger partial charge in [-0.3, -0.25) is 4.79 Å². The number of para-hydroxylation sites is 1. The second-order valence-corrected chi connectivity index (χ2v) is 5.78. The van der Waals surface area contributed by atoms with Crippen molar-refractivity contribution in [3.63, 3.8) is 0 Å². The third kappa shape index (κ3) is 6.02. The Morgan fingerprint density at radius 1 is 0.778 bits per heavy atom. The van der Waals surface area contributed by atoms with E-state index in [-0.39, 0.29) is 18.8 Å². The number of carboxylic acid groups (broad SMARTS) is 1. The molecule has 5 nitrogen and oxygen atoms in total.